The van der Waals surface area contributed by atoms with Crippen LogP contribution in [0, 0.1) is 0 Å². The minimum atomic E-state index is -0.694. The summed E-state index contributed by atoms with van der Waals surface area (Å²) in [6, 6.07) is 11.0. The highest BCUT2D eigenvalue weighted by molar-refractivity contribution is 6.02. The van der Waals surface area contributed by atoms with Crippen LogP contribution in [0.3, 0.4) is 0 Å². The molecule has 4 aromatic rings. The van der Waals surface area contributed by atoms with Gasteiger partial charge in [0.05, 0.1) is 12.7 Å². The lowest BCUT2D eigenvalue weighted by Gasteiger charge is -2.31. The Balaban J connectivity index is 0.000000280. The van der Waals surface area contributed by atoms with Crippen LogP contribution in [0.4, 0.5) is 0 Å². The summed E-state index contributed by atoms with van der Waals surface area (Å²) < 4.78 is 17.8. The molecule has 8 nitrogen and oxygen atoms in total. The van der Waals surface area contributed by atoms with Crippen LogP contribution in [-0.2, 0) is 12.8 Å². The van der Waals surface area contributed by atoms with Crippen LogP contribution in [0.5, 0.6) is 28.7 Å². The van der Waals surface area contributed by atoms with E-state index in [2.05, 4.69) is 6.08 Å². The Hall–Kier alpha value is -5.24. The molecule has 8 heteroatoms. The van der Waals surface area contributed by atoms with E-state index in [4.69, 9.17) is 13.9 Å². The van der Waals surface area contributed by atoms with Gasteiger partial charge in [0.15, 0.2) is 11.4 Å². The third kappa shape index (κ3) is 7.77. The van der Waals surface area contributed by atoms with Crippen molar-refractivity contribution in [1.29, 1.82) is 0 Å². The van der Waals surface area contributed by atoms with E-state index < -0.39 is 11.2 Å². The van der Waals surface area contributed by atoms with Crippen molar-refractivity contribution < 1.29 is 34.0 Å². The van der Waals surface area contributed by atoms with Crippen molar-refractivity contribution in [2.24, 2.45) is 0 Å². The van der Waals surface area contributed by atoms with Gasteiger partial charge in [-0.25, -0.2) is 4.79 Å². The lowest BCUT2D eigenvalue weighted by atomic mass is 9.93. The molecule has 3 N–H and O–H groups in total. The number of carbonyl (C=O) groups is 1. The highest BCUT2D eigenvalue weighted by Crippen LogP contribution is 2.49. The minimum Gasteiger partial charge on any atom is -0.508 e. The van der Waals surface area contributed by atoms with Gasteiger partial charge in [-0.1, -0.05) is 35.4 Å². The zero-order valence-electron chi connectivity index (χ0n) is 28.1. The molecule has 0 spiro atoms. The van der Waals surface area contributed by atoms with Gasteiger partial charge >= 0.3 is 5.63 Å². The molecule has 1 aliphatic heterocycles. The lowest BCUT2D eigenvalue weighted by Crippen LogP contribution is -2.28. The standard InChI is InChI=1S/C26H26O6.C13H16O2/c1-14(2)6-11-17-22-18(12-13-26(3,4)32-22)24-20(23(17)30-5)21(28)19(25(29)31-24)15-7-9-16(27)10-8-15;1-9(2)4-5-12-8-11(10(3)14)6-7-13(12)15/h6-10,12-13,27-28H,11H2,1-5H3;4,6-8,15H,5H2,1-3H3. The molecule has 0 atom stereocenters. The van der Waals surface area contributed by atoms with Gasteiger partial charge in [0.25, 0.3) is 0 Å². The molecular weight excluding hydrogens is 596 g/mol. The molecule has 1 aliphatic rings. The Kier molecular flexibility index (Phi) is 10.3. The van der Waals surface area contributed by atoms with E-state index in [1.807, 2.05) is 59.8 Å². The van der Waals surface area contributed by atoms with Gasteiger partial charge < -0.3 is 29.2 Å². The average Bonchev–Trinajstić information content (AvgIpc) is 2.99. The fourth-order valence-electron chi connectivity index (χ4n) is 5.17. The molecule has 3 aromatic carbocycles. The van der Waals surface area contributed by atoms with E-state index in [0.29, 0.717) is 46.4 Å². The molecule has 0 amide bonds. The van der Waals surface area contributed by atoms with Gasteiger partial charge in [0.1, 0.15) is 45.3 Å². The highest BCUT2D eigenvalue weighted by atomic mass is 16.5. The number of rotatable bonds is 7. The summed E-state index contributed by atoms with van der Waals surface area (Å²) in [5.74, 6) is 1.05. The maximum absolute atomic E-state index is 12.9. The van der Waals surface area contributed by atoms with Crippen LogP contribution in [0.15, 0.2) is 81.1 Å². The summed E-state index contributed by atoms with van der Waals surface area (Å²) >= 11 is 0. The Bertz CT molecular complexity index is 1960. The summed E-state index contributed by atoms with van der Waals surface area (Å²) in [6.07, 6.45) is 9.00. The largest absolute Gasteiger partial charge is 0.508 e. The number of hydrogen-bond acceptors (Lipinski definition) is 8. The van der Waals surface area contributed by atoms with Crippen molar-refractivity contribution in [1.82, 2.24) is 0 Å². The maximum Gasteiger partial charge on any atom is 0.348 e. The summed E-state index contributed by atoms with van der Waals surface area (Å²) in [5.41, 5.74) is 4.49. The van der Waals surface area contributed by atoms with Gasteiger partial charge in [-0.05, 0) is 115 Å². The van der Waals surface area contributed by atoms with Gasteiger partial charge in [0.2, 0.25) is 0 Å². The summed E-state index contributed by atoms with van der Waals surface area (Å²) in [4.78, 5) is 24.1. The average molecular weight is 639 g/mol. The van der Waals surface area contributed by atoms with Gasteiger partial charge in [0, 0.05) is 11.1 Å². The number of ketones is 1. The third-order valence-electron chi connectivity index (χ3n) is 7.67. The van der Waals surface area contributed by atoms with Crippen LogP contribution in [0.25, 0.3) is 28.2 Å². The van der Waals surface area contributed by atoms with Crippen molar-refractivity contribution in [2.75, 3.05) is 7.11 Å². The van der Waals surface area contributed by atoms with Crippen LogP contribution in [-0.4, -0.2) is 33.8 Å². The quantitative estimate of drug-likeness (QED) is 0.104. The Labute approximate surface area is 274 Å². The minimum absolute atomic E-state index is 0.00458. The number of ether oxygens (including phenoxy) is 2. The summed E-state index contributed by atoms with van der Waals surface area (Å²) in [5, 5.41) is 30.8. The zero-order valence-corrected chi connectivity index (χ0v) is 28.1. The number of benzene rings is 3. The van der Waals surface area contributed by atoms with E-state index in [1.165, 1.54) is 31.7 Å². The van der Waals surface area contributed by atoms with Crippen molar-refractivity contribution in [2.45, 2.75) is 66.9 Å². The molecule has 2 heterocycles. The molecule has 0 bridgehead atoms. The first-order chi connectivity index (χ1) is 22.1. The number of phenols is 2. The number of carbonyl (C=O) groups excluding carboxylic acids is 1. The molecule has 0 radical (unpaired) electrons. The van der Waals surface area contributed by atoms with E-state index in [1.54, 1.807) is 30.3 Å². The molecule has 0 unspecified atom stereocenters. The predicted molar refractivity (Wildman–Crippen MR) is 186 cm³/mol. The number of hydrogen-bond donors (Lipinski definition) is 3. The number of allylic oxidation sites excluding steroid dienone is 4. The van der Waals surface area contributed by atoms with Crippen LogP contribution in [0.2, 0.25) is 0 Å². The first-order valence-corrected chi connectivity index (χ1v) is 15.3. The fraction of sp³-hybridized carbons (Fsp3) is 0.282. The monoisotopic (exact) mass is 638 g/mol. The van der Waals surface area contributed by atoms with Crippen LogP contribution < -0.4 is 15.1 Å². The van der Waals surface area contributed by atoms with E-state index in [-0.39, 0.29) is 34.2 Å². The number of aromatic hydroxyl groups is 3. The molecule has 0 fully saturated rings. The lowest BCUT2D eigenvalue weighted by molar-refractivity contribution is 0.101. The Morgan fingerprint density at radius 1 is 0.915 bits per heavy atom. The molecule has 0 aliphatic carbocycles. The molecule has 246 valence electrons. The highest BCUT2D eigenvalue weighted by Gasteiger charge is 2.32. The maximum atomic E-state index is 12.9. The second kappa shape index (κ2) is 14.0. The predicted octanol–water partition coefficient (Wildman–Crippen LogP) is 8.68. The fourth-order valence-corrected chi connectivity index (χ4v) is 5.17. The summed E-state index contributed by atoms with van der Waals surface area (Å²) in [6.45, 7) is 13.4. The normalized spacial score (nSPS) is 12.7. The molecule has 5 rings (SSSR count). The topological polar surface area (TPSA) is 126 Å². The van der Waals surface area contributed by atoms with Crippen molar-refractivity contribution in [3.63, 3.8) is 0 Å². The van der Waals surface area contributed by atoms with Crippen molar-refractivity contribution in [3.8, 4) is 39.9 Å². The Morgan fingerprint density at radius 2 is 1.55 bits per heavy atom. The van der Waals surface area contributed by atoms with Gasteiger partial charge in [-0.2, -0.15) is 0 Å². The van der Waals surface area contributed by atoms with E-state index >= 15 is 0 Å². The van der Waals surface area contributed by atoms with Gasteiger partial charge in [-0.3, -0.25) is 4.79 Å². The zero-order chi connectivity index (χ0) is 34.6. The third-order valence-corrected chi connectivity index (χ3v) is 7.67. The number of phenolic OH excluding ortho intramolecular Hbond substituents is 2. The number of Topliss-reactive ketones (excluding diaryl/α,β-unsaturated/α-hetero) is 1. The molecular formula is C39H42O8. The molecule has 47 heavy (non-hydrogen) atoms. The molecule has 0 saturated heterocycles. The SMILES string of the molecule is CC(=O)c1ccc(O)c(CC=C(C)C)c1.COc1c(CC=C(C)C)c2c(c3oc(=O)c(-c4ccc(O)cc4)c(O)c13)C=CC(C)(C)O2. The van der Waals surface area contributed by atoms with Crippen molar-refractivity contribution >= 4 is 22.8 Å². The second-order valence-electron chi connectivity index (χ2n) is 12.5. The summed E-state index contributed by atoms with van der Waals surface area (Å²) in [7, 11) is 1.52. The van der Waals surface area contributed by atoms with Crippen molar-refractivity contribution in [3.05, 3.63) is 105 Å². The first-order valence-electron chi connectivity index (χ1n) is 15.3. The van der Waals surface area contributed by atoms with E-state index in [9.17, 15) is 24.9 Å². The smallest absolute Gasteiger partial charge is 0.348 e. The van der Waals surface area contributed by atoms with Crippen LogP contribution in [0.1, 0.15) is 75.5 Å². The number of fused-ring (bicyclic) bond motifs is 3. The molecule has 0 saturated carbocycles. The second-order valence-corrected chi connectivity index (χ2v) is 12.5. The van der Waals surface area contributed by atoms with Crippen LogP contribution >= 0.6 is 0 Å². The number of methoxy groups -OCH3 is 1. The first kappa shape index (κ1) is 34.6. The molecule has 1 aromatic heterocycles. The Morgan fingerprint density at radius 3 is 2.15 bits per heavy atom. The van der Waals surface area contributed by atoms with Gasteiger partial charge in [-0.15, -0.1) is 0 Å². The van der Waals surface area contributed by atoms with E-state index in [0.717, 1.165) is 16.7 Å².